The van der Waals surface area contributed by atoms with Crippen LogP contribution in [-0.2, 0) is 0 Å². The van der Waals surface area contributed by atoms with Gasteiger partial charge in [-0.1, -0.05) is 36.6 Å². The molecule has 0 bridgehead atoms. The van der Waals surface area contributed by atoms with Crippen molar-refractivity contribution >= 4 is 0 Å². The zero-order chi connectivity index (χ0) is 11.9. The van der Waals surface area contributed by atoms with Gasteiger partial charge in [-0.3, -0.25) is 0 Å². The minimum atomic E-state index is -0.202. The standard InChI is InChI=1S/C15H24O/c1-10(2)12-5-6-13-8-14(16)7-11(3)15(13,4)9-12/h8,11,14,16H,5-7,9H2,1-4H3/t11-,14+,15+/m1/s1. The Hall–Kier alpha value is -0.560. The third-order valence-corrected chi connectivity index (χ3v) is 4.79. The van der Waals surface area contributed by atoms with E-state index in [-0.39, 0.29) is 6.10 Å². The second-order valence-electron chi connectivity index (χ2n) is 6.09. The van der Waals surface area contributed by atoms with Crippen molar-refractivity contribution in [2.75, 3.05) is 0 Å². The smallest absolute Gasteiger partial charge is 0.0726 e. The second kappa shape index (κ2) is 4.03. The van der Waals surface area contributed by atoms with Gasteiger partial charge in [0, 0.05) is 0 Å². The van der Waals surface area contributed by atoms with Gasteiger partial charge in [0.1, 0.15) is 0 Å². The van der Waals surface area contributed by atoms with Gasteiger partial charge in [0.15, 0.2) is 0 Å². The van der Waals surface area contributed by atoms with Crippen molar-refractivity contribution in [1.29, 1.82) is 0 Å². The molecular weight excluding hydrogens is 196 g/mol. The molecule has 2 aliphatic rings. The first-order valence-corrected chi connectivity index (χ1v) is 6.48. The van der Waals surface area contributed by atoms with Crippen molar-refractivity contribution in [2.45, 2.75) is 59.5 Å². The van der Waals surface area contributed by atoms with E-state index in [0.29, 0.717) is 11.3 Å². The Morgan fingerprint density at radius 3 is 2.69 bits per heavy atom. The maximum atomic E-state index is 9.82. The molecule has 0 aromatic heterocycles. The first kappa shape index (κ1) is 11.9. The first-order chi connectivity index (χ1) is 7.43. The Morgan fingerprint density at radius 1 is 1.38 bits per heavy atom. The van der Waals surface area contributed by atoms with E-state index in [1.54, 1.807) is 5.57 Å². The minimum absolute atomic E-state index is 0.202. The van der Waals surface area contributed by atoms with Crippen LogP contribution in [0.25, 0.3) is 0 Å². The predicted octanol–water partition coefficient (Wildman–Crippen LogP) is 3.84. The highest BCUT2D eigenvalue weighted by Crippen LogP contribution is 2.52. The maximum absolute atomic E-state index is 9.82. The molecule has 2 rings (SSSR count). The average Bonchev–Trinajstić information content (AvgIpc) is 2.19. The minimum Gasteiger partial charge on any atom is -0.389 e. The summed E-state index contributed by atoms with van der Waals surface area (Å²) >= 11 is 0. The van der Waals surface area contributed by atoms with E-state index in [0.717, 1.165) is 12.8 Å². The molecule has 16 heavy (non-hydrogen) atoms. The predicted molar refractivity (Wildman–Crippen MR) is 68.2 cm³/mol. The lowest BCUT2D eigenvalue weighted by atomic mass is 9.59. The molecule has 1 nitrogen and oxygen atoms in total. The van der Waals surface area contributed by atoms with Gasteiger partial charge in [-0.2, -0.15) is 0 Å². The summed E-state index contributed by atoms with van der Waals surface area (Å²) < 4.78 is 0. The molecular formula is C15H24O. The number of aliphatic hydroxyl groups is 1. The highest BCUT2D eigenvalue weighted by molar-refractivity contribution is 5.30. The van der Waals surface area contributed by atoms with Gasteiger partial charge in [0.25, 0.3) is 0 Å². The number of rotatable bonds is 0. The molecule has 0 heterocycles. The third-order valence-electron chi connectivity index (χ3n) is 4.79. The van der Waals surface area contributed by atoms with Gasteiger partial charge in [-0.05, 0) is 50.9 Å². The van der Waals surface area contributed by atoms with Gasteiger partial charge in [-0.25, -0.2) is 0 Å². The molecule has 0 aliphatic heterocycles. The summed E-state index contributed by atoms with van der Waals surface area (Å²) in [5, 5.41) is 9.82. The van der Waals surface area contributed by atoms with Crippen LogP contribution in [0.3, 0.4) is 0 Å². The highest BCUT2D eigenvalue weighted by Gasteiger charge is 2.41. The molecule has 90 valence electrons. The van der Waals surface area contributed by atoms with Crippen LogP contribution in [0.4, 0.5) is 0 Å². The Balaban J connectivity index is 2.34. The zero-order valence-corrected chi connectivity index (χ0v) is 11.0. The van der Waals surface area contributed by atoms with Crippen LogP contribution in [0.15, 0.2) is 22.8 Å². The Labute approximate surface area is 99.3 Å². The number of allylic oxidation sites excluding steroid dienone is 3. The van der Waals surface area contributed by atoms with E-state index in [1.165, 1.54) is 24.0 Å². The molecule has 0 unspecified atom stereocenters. The third kappa shape index (κ3) is 1.86. The van der Waals surface area contributed by atoms with E-state index in [1.807, 2.05) is 0 Å². The zero-order valence-electron chi connectivity index (χ0n) is 11.0. The quantitative estimate of drug-likeness (QED) is 0.615. The lowest BCUT2D eigenvalue weighted by Crippen LogP contribution is -2.37. The number of hydrogen-bond acceptors (Lipinski definition) is 1. The van der Waals surface area contributed by atoms with Crippen LogP contribution in [-0.4, -0.2) is 11.2 Å². The summed E-state index contributed by atoms with van der Waals surface area (Å²) in [6.07, 6.45) is 6.40. The van der Waals surface area contributed by atoms with Crippen LogP contribution in [0.2, 0.25) is 0 Å². The summed E-state index contributed by atoms with van der Waals surface area (Å²) in [4.78, 5) is 0. The number of hydrogen-bond donors (Lipinski definition) is 1. The normalized spacial score (nSPS) is 39.1. The molecule has 0 amide bonds. The van der Waals surface area contributed by atoms with Gasteiger partial charge in [-0.15, -0.1) is 0 Å². The average molecular weight is 220 g/mol. The van der Waals surface area contributed by atoms with E-state index < -0.39 is 0 Å². The van der Waals surface area contributed by atoms with Crippen LogP contribution < -0.4 is 0 Å². The van der Waals surface area contributed by atoms with Crippen LogP contribution in [0.5, 0.6) is 0 Å². The van der Waals surface area contributed by atoms with Gasteiger partial charge in [0.05, 0.1) is 6.10 Å². The van der Waals surface area contributed by atoms with E-state index in [2.05, 4.69) is 33.8 Å². The van der Waals surface area contributed by atoms with Gasteiger partial charge >= 0.3 is 0 Å². The second-order valence-corrected chi connectivity index (χ2v) is 6.09. The molecule has 0 radical (unpaired) electrons. The fraction of sp³-hybridized carbons (Fsp3) is 0.733. The summed E-state index contributed by atoms with van der Waals surface area (Å²) in [6, 6.07) is 0. The first-order valence-electron chi connectivity index (χ1n) is 6.48. The van der Waals surface area contributed by atoms with Crippen molar-refractivity contribution in [3.63, 3.8) is 0 Å². The van der Waals surface area contributed by atoms with Crippen LogP contribution in [0, 0.1) is 11.3 Å². The lowest BCUT2D eigenvalue weighted by Gasteiger charge is -2.46. The molecule has 0 spiro atoms. The van der Waals surface area contributed by atoms with Crippen molar-refractivity contribution < 1.29 is 5.11 Å². The van der Waals surface area contributed by atoms with Crippen molar-refractivity contribution in [2.24, 2.45) is 11.3 Å². The van der Waals surface area contributed by atoms with Crippen molar-refractivity contribution in [3.05, 3.63) is 22.8 Å². The van der Waals surface area contributed by atoms with Gasteiger partial charge in [0.2, 0.25) is 0 Å². The SMILES string of the molecule is CC(C)=C1CCC2=C[C@@H](O)C[C@@H](C)[C@]2(C)C1. The summed E-state index contributed by atoms with van der Waals surface area (Å²) in [5.41, 5.74) is 4.95. The van der Waals surface area contributed by atoms with Crippen molar-refractivity contribution in [3.8, 4) is 0 Å². The molecule has 0 aromatic rings. The maximum Gasteiger partial charge on any atom is 0.0726 e. The molecule has 1 saturated carbocycles. The number of fused-ring (bicyclic) bond motifs is 1. The van der Waals surface area contributed by atoms with E-state index >= 15 is 0 Å². The molecule has 0 aromatic carbocycles. The Kier molecular flexibility index (Phi) is 3.00. The van der Waals surface area contributed by atoms with E-state index in [9.17, 15) is 5.11 Å². The monoisotopic (exact) mass is 220 g/mol. The Morgan fingerprint density at radius 2 is 2.06 bits per heavy atom. The molecule has 3 atom stereocenters. The highest BCUT2D eigenvalue weighted by atomic mass is 16.3. The summed E-state index contributed by atoms with van der Waals surface area (Å²) in [7, 11) is 0. The largest absolute Gasteiger partial charge is 0.389 e. The van der Waals surface area contributed by atoms with E-state index in [4.69, 9.17) is 0 Å². The van der Waals surface area contributed by atoms with Gasteiger partial charge < -0.3 is 5.11 Å². The topological polar surface area (TPSA) is 20.2 Å². The van der Waals surface area contributed by atoms with Crippen LogP contribution in [0.1, 0.15) is 53.4 Å². The number of aliphatic hydroxyl groups excluding tert-OH is 1. The fourth-order valence-corrected chi connectivity index (χ4v) is 3.33. The lowest BCUT2D eigenvalue weighted by molar-refractivity contribution is 0.111. The Bertz CT molecular complexity index is 346. The molecule has 1 fully saturated rings. The molecule has 2 aliphatic carbocycles. The molecule has 1 N–H and O–H groups in total. The molecule has 1 heteroatoms. The summed E-state index contributed by atoms with van der Waals surface area (Å²) in [6.45, 7) is 9.15. The molecule has 0 saturated heterocycles. The fourth-order valence-electron chi connectivity index (χ4n) is 3.33. The van der Waals surface area contributed by atoms with Crippen molar-refractivity contribution in [1.82, 2.24) is 0 Å². The van der Waals surface area contributed by atoms with Crippen LogP contribution >= 0.6 is 0 Å². The summed E-state index contributed by atoms with van der Waals surface area (Å²) in [5.74, 6) is 0.595.